The fourth-order valence-electron chi connectivity index (χ4n) is 4.06. The molecule has 4 nitrogen and oxygen atoms in total. The molecule has 4 rings (SSSR count). The summed E-state index contributed by atoms with van der Waals surface area (Å²) in [4.78, 5) is 0. The Morgan fingerprint density at radius 3 is 2.35 bits per heavy atom. The molecule has 1 saturated carbocycles. The number of methoxy groups -OCH3 is 1. The van der Waals surface area contributed by atoms with Gasteiger partial charge in [0.15, 0.2) is 11.5 Å². The van der Waals surface area contributed by atoms with Gasteiger partial charge in [0.1, 0.15) is 5.75 Å². The predicted molar refractivity (Wildman–Crippen MR) is 75.7 cm³/mol. The van der Waals surface area contributed by atoms with Gasteiger partial charge in [0, 0.05) is 35.1 Å². The van der Waals surface area contributed by atoms with E-state index in [9.17, 15) is 0 Å². The zero-order chi connectivity index (χ0) is 13.7. The van der Waals surface area contributed by atoms with E-state index in [0.717, 1.165) is 61.7 Å². The van der Waals surface area contributed by atoms with Crippen LogP contribution in [0.4, 0.5) is 0 Å². The zero-order valence-electron chi connectivity index (χ0n) is 12.0. The third-order valence-corrected chi connectivity index (χ3v) is 4.95. The van der Waals surface area contributed by atoms with Gasteiger partial charge in [0.05, 0.1) is 20.3 Å². The van der Waals surface area contributed by atoms with Gasteiger partial charge >= 0.3 is 0 Å². The third-order valence-electron chi connectivity index (χ3n) is 4.95. The third kappa shape index (κ3) is 1.51. The van der Waals surface area contributed by atoms with Crippen LogP contribution in [0.1, 0.15) is 42.4 Å². The van der Waals surface area contributed by atoms with Crippen molar-refractivity contribution in [2.75, 3.05) is 20.3 Å². The van der Waals surface area contributed by atoms with E-state index in [-0.39, 0.29) is 5.54 Å². The summed E-state index contributed by atoms with van der Waals surface area (Å²) in [5, 5.41) is 0. The van der Waals surface area contributed by atoms with Crippen molar-refractivity contribution in [3.05, 3.63) is 16.7 Å². The lowest BCUT2D eigenvalue weighted by atomic mass is 9.82. The molecule has 2 aliphatic heterocycles. The van der Waals surface area contributed by atoms with Crippen molar-refractivity contribution in [3.63, 3.8) is 0 Å². The normalized spacial score (nSPS) is 22.1. The molecule has 0 unspecified atom stereocenters. The molecule has 20 heavy (non-hydrogen) atoms. The SMILES string of the molecule is COc1c2c(c(C3(N)CCCC3)c3c1OCC3)OCC2. The largest absolute Gasteiger partial charge is 0.492 e. The van der Waals surface area contributed by atoms with Crippen LogP contribution in [-0.4, -0.2) is 20.3 Å². The topological polar surface area (TPSA) is 53.7 Å². The second-order valence-electron chi connectivity index (χ2n) is 6.08. The number of hydrogen-bond acceptors (Lipinski definition) is 4. The molecule has 1 aliphatic carbocycles. The van der Waals surface area contributed by atoms with Crippen LogP contribution >= 0.6 is 0 Å². The van der Waals surface area contributed by atoms with Gasteiger partial charge < -0.3 is 19.9 Å². The minimum absolute atomic E-state index is 0.238. The van der Waals surface area contributed by atoms with E-state index >= 15 is 0 Å². The molecule has 0 spiro atoms. The number of ether oxygens (including phenoxy) is 3. The van der Waals surface area contributed by atoms with Gasteiger partial charge in [-0.25, -0.2) is 0 Å². The monoisotopic (exact) mass is 275 g/mol. The maximum absolute atomic E-state index is 6.74. The first-order valence-electron chi connectivity index (χ1n) is 7.55. The Hall–Kier alpha value is -1.42. The molecule has 1 fully saturated rings. The van der Waals surface area contributed by atoms with Gasteiger partial charge in [-0.05, 0) is 12.8 Å². The van der Waals surface area contributed by atoms with Crippen molar-refractivity contribution in [2.24, 2.45) is 5.73 Å². The average molecular weight is 275 g/mol. The molecule has 0 aromatic heterocycles. The molecule has 0 saturated heterocycles. The maximum atomic E-state index is 6.74. The standard InChI is InChI=1S/C16H21NO3/c1-18-14-11-5-9-19-13(11)12(10-4-8-20-15(10)14)16(17)6-2-3-7-16/h2-9,17H2,1H3. The molecular weight excluding hydrogens is 254 g/mol. The van der Waals surface area contributed by atoms with E-state index in [1.165, 1.54) is 24.0 Å². The fourth-order valence-corrected chi connectivity index (χ4v) is 4.06. The maximum Gasteiger partial charge on any atom is 0.168 e. The summed E-state index contributed by atoms with van der Waals surface area (Å²) in [5.74, 6) is 2.79. The van der Waals surface area contributed by atoms with E-state index in [1.807, 2.05) is 0 Å². The molecule has 0 radical (unpaired) electrons. The first-order chi connectivity index (χ1) is 9.74. The zero-order valence-corrected chi connectivity index (χ0v) is 12.0. The van der Waals surface area contributed by atoms with Crippen molar-refractivity contribution in [2.45, 2.75) is 44.1 Å². The van der Waals surface area contributed by atoms with Gasteiger partial charge in [0.25, 0.3) is 0 Å². The molecule has 1 aromatic rings. The van der Waals surface area contributed by atoms with Crippen molar-refractivity contribution in [1.29, 1.82) is 0 Å². The van der Waals surface area contributed by atoms with Crippen molar-refractivity contribution >= 4 is 0 Å². The summed E-state index contributed by atoms with van der Waals surface area (Å²) in [6.45, 7) is 1.44. The molecule has 1 aromatic carbocycles. The molecule has 0 atom stereocenters. The number of nitrogens with two attached hydrogens (primary N) is 1. The minimum Gasteiger partial charge on any atom is -0.492 e. The lowest BCUT2D eigenvalue weighted by molar-refractivity contribution is 0.323. The highest BCUT2D eigenvalue weighted by atomic mass is 16.5. The Balaban J connectivity index is 1.99. The highest BCUT2D eigenvalue weighted by molar-refractivity contribution is 5.67. The van der Waals surface area contributed by atoms with Gasteiger partial charge in [-0.1, -0.05) is 12.8 Å². The van der Waals surface area contributed by atoms with Gasteiger partial charge in [-0.15, -0.1) is 0 Å². The molecule has 4 heteroatoms. The number of benzene rings is 1. The predicted octanol–water partition coefficient (Wildman–Crippen LogP) is 2.29. The second kappa shape index (κ2) is 4.29. The van der Waals surface area contributed by atoms with Crippen LogP contribution < -0.4 is 19.9 Å². The summed E-state index contributed by atoms with van der Waals surface area (Å²) in [5.41, 5.74) is 10.1. The van der Waals surface area contributed by atoms with Crippen molar-refractivity contribution < 1.29 is 14.2 Å². The van der Waals surface area contributed by atoms with Crippen LogP contribution in [0.25, 0.3) is 0 Å². The molecule has 3 aliphatic rings. The summed E-state index contributed by atoms with van der Waals surface area (Å²) >= 11 is 0. The highest BCUT2D eigenvalue weighted by Gasteiger charge is 2.42. The van der Waals surface area contributed by atoms with E-state index in [2.05, 4.69) is 0 Å². The number of hydrogen-bond donors (Lipinski definition) is 1. The molecule has 0 bridgehead atoms. The minimum atomic E-state index is -0.238. The van der Waals surface area contributed by atoms with Crippen LogP contribution in [0, 0.1) is 0 Å². The Morgan fingerprint density at radius 2 is 1.65 bits per heavy atom. The van der Waals surface area contributed by atoms with E-state index in [1.54, 1.807) is 7.11 Å². The molecule has 0 amide bonds. The van der Waals surface area contributed by atoms with E-state index in [0.29, 0.717) is 0 Å². The number of fused-ring (bicyclic) bond motifs is 2. The van der Waals surface area contributed by atoms with Crippen LogP contribution in [0.15, 0.2) is 0 Å². The number of rotatable bonds is 2. The first kappa shape index (κ1) is 12.3. The fraction of sp³-hybridized carbons (Fsp3) is 0.625. The van der Waals surface area contributed by atoms with Gasteiger partial charge in [-0.3, -0.25) is 0 Å². The van der Waals surface area contributed by atoms with Crippen LogP contribution in [-0.2, 0) is 18.4 Å². The van der Waals surface area contributed by atoms with Crippen molar-refractivity contribution in [3.8, 4) is 17.2 Å². The summed E-state index contributed by atoms with van der Waals surface area (Å²) < 4.78 is 17.4. The smallest absolute Gasteiger partial charge is 0.168 e. The Kier molecular flexibility index (Phi) is 2.64. The molecule has 2 N–H and O–H groups in total. The molecule has 108 valence electrons. The van der Waals surface area contributed by atoms with Crippen LogP contribution in [0.5, 0.6) is 17.2 Å². The quantitative estimate of drug-likeness (QED) is 0.899. The molecule has 2 heterocycles. The van der Waals surface area contributed by atoms with Crippen LogP contribution in [0.2, 0.25) is 0 Å². The summed E-state index contributed by atoms with van der Waals surface area (Å²) in [6, 6.07) is 0. The lowest BCUT2D eigenvalue weighted by Gasteiger charge is -2.29. The Labute approximate surface area is 119 Å². The van der Waals surface area contributed by atoms with Crippen LogP contribution in [0.3, 0.4) is 0 Å². The Morgan fingerprint density at radius 1 is 1.00 bits per heavy atom. The second-order valence-corrected chi connectivity index (χ2v) is 6.08. The highest BCUT2D eigenvalue weighted by Crippen LogP contribution is 2.54. The summed E-state index contributed by atoms with van der Waals surface area (Å²) in [6.07, 6.45) is 6.29. The lowest BCUT2D eigenvalue weighted by Crippen LogP contribution is -2.34. The van der Waals surface area contributed by atoms with Crippen molar-refractivity contribution in [1.82, 2.24) is 0 Å². The first-order valence-corrected chi connectivity index (χ1v) is 7.55. The van der Waals surface area contributed by atoms with E-state index in [4.69, 9.17) is 19.9 Å². The van der Waals surface area contributed by atoms with Gasteiger partial charge in [0.2, 0.25) is 0 Å². The Bertz CT molecular complexity index is 526. The van der Waals surface area contributed by atoms with Gasteiger partial charge in [-0.2, -0.15) is 0 Å². The average Bonchev–Trinajstić information content (AvgIpc) is 3.15. The summed E-state index contributed by atoms with van der Waals surface area (Å²) in [7, 11) is 1.71. The van der Waals surface area contributed by atoms with E-state index < -0.39 is 0 Å². The molecular formula is C16H21NO3.